The number of amides is 1. The van der Waals surface area contributed by atoms with E-state index in [1.807, 2.05) is 59.5 Å². The Hall–Kier alpha value is -1.65. The molecule has 0 aliphatic carbocycles. The molecule has 0 radical (unpaired) electrons. The van der Waals surface area contributed by atoms with Crippen LogP contribution in [0.5, 0.6) is 0 Å². The monoisotopic (exact) mass is 359 g/mol. The first-order chi connectivity index (χ1) is 10.7. The highest BCUT2D eigenvalue weighted by Crippen LogP contribution is 2.39. The van der Waals surface area contributed by atoms with Crippen LogP contribution in [0.1, 0.15) is 36.1 Å². The Morgan fingerprint density at radius 1 is 1.14 bits per heavy atom. The highest BCUT2D eigenvalue weighted by molar-refractivity contribution is 9.10. The average molecular weight is 360 g/mol. The molecule has 0 aromatic heterocycles. The van der Waals surface area contributed by atoms with Gasteiger partial charge in [-0.2, -0.15) is 0 Å². The molecule has 1 N–H and O–H groups in total. The molecule has 114 valence electrons. The first-order valence-corrected chi connectivity index (χ1v) is 8.22. The van der Waals surface area contributed by atoms with Gasteiger partial charge in [0.2, 0.25) is 5.91 Å². The third kappa shape index (κ3) is 2.94. The summed E-state index contributed by atoms with van der Waals surface area (Å²) in [7, 11) is 0. The van der Waals surface area contributed by atoms with Crippen LogP contribution in [0.4, 0.5) is 0 Å². The summed E-state index contributed by atoms with van der Waals surface area (Å²) in [6, 6.07) is 17.5. The van der Waals surface area contributed by atoms with Crippen LogP contribution in [0, 0.1) is 0 Å². The van der Waals surface area contributed by atoms with Crippen molar-refractivity contribution in [1.82, 2.24) is 4.90 Å². The molecule has 1 unspecified atom stereocenters. The molecular formula is C18H18BrNO2. The molecule has 1 saturated heterocycles. The summed E-state index contributed by atoms with van der Waals surface area (Å²) in [5, 5.41) is 9.87. The highest BCUT2D eigenvalue weighted by Gasteiger charge is 2.37. The van der Waals surface area contributed by atoms with Crippen molar-refractivity contribution in [2.75, 3.05) is 6.61 Å². The van der Waals surface area contributed by atoms with E-state index in [1.165, 1.54) is 0 Å². The maximum atomic E-state index is 12.4. The number of carbonyl (C=O) groups is 1. The molecule has 2 aromatic carbocycles. The minimum Gasteiger partial charge on any atom is -0.394 e. The zero-order valence-electron chi connectivity index (χ0n) is 12.2. The molecule has 1 aliphatic rings. The van der Waals surface area contributed by atoms with E-state index in [9.17, 15) is 9.90 Å². The Morgan fingerprint density at radius 2 is 1.82 bits per heavy atom. The third-order valence-corrected chi connectivity index (χ3v) is 4.73. The number of nitrogens with zero attached hydrogens (tertiary/aromatic N) is 1. The van der Waals surface area contributed by atoms with Crippen molar-refractivity contribution in [3.05, 3.63) is 70.2 Å². The van der Waals surface area contributed by atoms with Crippen molar-refractivity contribution in [3.63, 3.8) is 0 Å². The Morgan fingerprint density at radius 3 is 2.45 bits per heavy atom. The van der Waals surface area contributed by atoms with Crippen molar-refractivity contribution in [2.45, 2.75) is 24.9 Å². The molecule has 1 amide bonds. The van der Waals surface area contributed by atoms with E-state index in [2.05, 4.69) is 15.9 Å². The fourth-order valence-corrected chi connectivity index (χ4v) is 3.40. The van der Waals surface area contributed by atoms with E-state index in [0.29, 0.717) is 6.42 Å². The van der Waals surface area contributed by atoms with Gasteiger partial charge in [0.15, 0.2) is 0 Å². The van der Waals surface area contributed by atoms with Gasteiger partial charge < -0.3 is 10.0 Å². The van der Waals surface area contributed by atoms with E-state index in [0.717, 1.165) is 22.0 Å². The third-order valence-electron chi connectivity index (χ3n) is 4.20. The van der Waals surface area contributed by atoms with Crippen molar-refractivity contribution in [3.8, 4) is 0 Å². The lowest BCUT2D eigenvalue weighted by atomic mass is 10.0. The molecule has 1 heterocycles. The molecular weight excluding hydrogens is 342 g/mol. The van der Waals surface area contributed by atoms with Gasteiger partial charge in [-0.05, 0) is 29.7 Å². The van der Waals surface area contributed by atoms with Crippen LogP contribution in [-0.4, -0.2) is 22.5 Å². The summed E-state index contributed by atoms with van der Waals surface area (Å²) < 4.78 is 1.02. The Bertz CT molecular complexity index is 642. The molecule has 3 rings (SSSR count). The topological polar surface area (TPSA) is 40.5 Å². The van der Waals surface area contributed by atoms with E-state index in [-0.39, 0.29) is 24.6 Å². The lowest BCUT2D eigenvalue weighted by molar-refractivity contribution is -0.132. The van der Waals surface area contributed by atoms with Gasteiger partial charge >= 0.3 is 0 Å². The van der Waals surface area contributed by atoms with E-state index in [4.69, 9.17) is 0 Å². The van der Waals surface area contributed by atoms with Gasteiger partial charge in [-0.1, -0.05) is 58.4 Å². The van der Waals surface area contributed by atoms with Crippen molar-refractivity contribution < 1.29 is 9.90 Å². The van der Waals surface area contributed by atoms with Gasteiger partial charge in [0, 0.05) is 10.9 Å². The van der Waals surface area contributed by atoms with Gasteiger partial charge in [-0.25, -0.2) is 0 Å². The van der Waals surface area contributed by atoms with Crippen LogP contribution >= 0.6 is 15.9 Å². The molecule has 3 nitrogen and oxygen atoms in total. The van der Waals surface area contributed by atoms with E-state index < -0.39 is 0 Å². The molecule has 2 atom stereocenters. The van der Waals surface area contributed by atoms with E-state index in [1.54, 1.807) is 0 Å². The standard InChI is InChI=1S/C18H18BrNO2/c19-15-8-6-14(7-9-15)16-10-11-18(22)20(16)17(12-21)13-4-2-1-3-5-13/h1-9,16-17,21H,10-12H2/t16-,17?/m1/s1. The van der Waals surface area contributed by atoms with Gasteiger partial charge in [0.25, 0.3) is 0 Å². The zero-order chi connectivity index (χ0) is 15.5. The fraction of sp³-hybridized carbons (Fsp3) is 0.278. The van der Waals surface area contributed by atoms with Crippen molar-refractivity contribution in [1.29, 1.82) is 0 Å². The largest absolute Gasteiger partial charge is 0.394 e. The van der Waals surface area contributed by atoms with E-state index >= 15 is 0 Å². The quantitative estimate of drug-likeness (QED) is 0.900. The summed E-state index contributed by atoms with van der Waals surface area (Å²) in [4.78, 5) is 14.2. The summed E-state index contributed by atoms with van der Waals surface area (Å²) in [5.74, 6) is 0.107. The van der Waals surface area contributed by atoms with Crippen LogP contribution in [0.3, 0.4) is 0 Å². The van der Waals surface area contributed by atoms with Gasteiger partial charge in [0.05, 0.1) is 18.7 Å². The average Bonchev–Trinajstić information content (AvgIpc) is 2.92. The molecule has 0 spiro atoms. The fourth-order valence-electron chi connectivity index (χ4n) is 3.13. The Balaban J connectivity index is 1.94. The van der Waals surface area contributed by atoms with Crippen LogP contribution in [0.2, 0.25) is 0 Å². The van der Waals surface area contributed by atoms with Crippen molar-refractivity contribution in [2.24, 2.45) is 0 Å². The second kappa shape index (κ2) is 6.63. The summed E-state index contributed by atoms with van der Waals surface area (Å²) >= 11 is 3.44. The normalized spacial score (nSPS) is 19.5. The van der Waals surface area contributed by atoms with Gasteiger partial charge in [-0.3, -0.25) is 4.79 Å². The van der Waals surface area contributed by atoms with Gasteiger partial charge in [-0.15, -0.1) is 0 Å². The first-order valence-electron chi connectivity index (χ1n) is 7.43. The summed E-state index contributed by atoms with van der Waals surface area (Å²) in [6.07, 6.45) is 1.33. The molecule has 1 fully saturated rings. The zero-order valence-corrected chi connectivity index (χ0v) is 13.7. The van der Waals surface area contributed by atoms with Crippen molar-refractivity contribution >= 4 is 21.8 Å². The maximum Gasteiger partial charge on any atom is 0.223 e. The Kier molecular flexibility index (Phi) is 4.60. The second-order valence-electron chi connectivity index (χ2n) is 5.52. The number of hydrogen-bond donors (Lipinski definition) is 1. The highest BCUT2D eigenvalue weighted by atomic mass is 79.9. The predicted molar refractivity (Wildman–Crippen MR) is 89.2 cm³/mol. The Labute approximate surface area is 138 Å². The smallest absolute Gasteiger partial charge is 0.223 e. The second-order valence-corrected chi connectivity index (χ2v) is 6.43. The van der Waals surface area contributed by atoms with Crippen LogP contribution in [-0.2, 0) is 4.79 Å². The molecule has 4 heteroatoms. The molecule has 0 bridgehead atoms. The summed E-state index contributed by atoms with van der Waals surface area (Å²) in [6.45, 7) is -0.0667. The number of hydrogen-bond acceptors (Lipinski definition) is 2. The minimum absolute atomic E-state index is 0.0259. The lowest BCUT2D eigenvalue weighted by Crippen LogP contribution is -2.34. The maximum absolute atomic E-state index is 12.4. The number of rotatable bonds is 4. The number of aliphatic hydroxyl groups is 1. The SMILES string of the molecule is O=C1CC[C@H](c2ccc(Br)cc2)N1C(CO)c1ccccc1. The number of benzene rings is 2. The molecule has 1 aliphatic heterocycles. The van der Waals surface area contributed by atoms with Gasteiger partial charge in [0.1, 0.15) is 0 Å². The molecule has 22 heavy (non-hydrogen) atoms. The number of aliphatic hydroxyl groups excluding tert-OH is 1. The van der Waals surface area contributed by atoms with Crippen LogP contribution in [0.25, 0.3) is 0 Å². The number of halogens is 1. The van der Waals surface area contributed by atoms with Crippen LogP contribution in [0.15, 0.2) is 59.1 Å². The summed E-state index contributed by atoms with van der Waals surface area (Å²) in [5.41, 5.74) is 2.09. The molecule has 0 saturated carbocycles. The minimum atomic E-state index is -0.287. The van der Waals surface area contributed by atoms with Crippen LogP contribution < -0.4 is 0 Å². The predicted octanol–water partition coefficient (Wildman–Crippen LogP) is 3.85. The number of carbonyl (C=O) groups excluding carboxylic acids is 1. The molecule has 2 aromatic rings. The number of likely N-dealkylation sites (tertiary alicyclic amines) is 1. The first kappa shape index (κ1) is 15.3. The lowest BCUT2D eigenvalue weighted by Gasteiger charge is -2.33.